The van der Waals surface area contributed by atoms with Gasteiger partial charge in [0.15, 0.2) is 0 Å². The van der Waals surface area contributed by atoms with Crippen LogP contribution in [0.5, 0.6) is 5.75 Å². The minimum Gasteiger partial charge on any atom is -0.488 e. The van der Waals surface area contributed by atoms with Gasteiger partial charge in [0.2, 0.25) is 0 Å². The molecule has 0 aliphatic rings. The molecule has 0 radical (unpaired) electrons. The number of benzene rings is 2. The van der Waals surface area contributed by atoms with Crippen molar-refractivity contribution in [1.82, 2.24) is 0 Å². The Morgan fingerprint density at radius 1 is 1.20 bits per heavy atom. The van der Waals surface area contributed by atoms with Gasteiger partial charge in [0.05, 0.1) is 17.7 Å². The van der Waals surface area contributed by atoms with Gasteiger partial charge in [-0.05, 0) is 18.2 Å². The Morgan fingerprint density at radius 2 is 1.95 bits per heavy atom. The van der Waals surface area contributed by atoms with E-state index in [2.05, 4.69) is 0 Å². The first-order chi connectivity index (χ1) is 9.63. The molecule has 0 aliphatic carbocycles. The monoisotopic (exact) mass is 295 g/mol. The van der Waals surface area contributed by atoms with E-state index in [1.807, 2.05) is 0 Å². The first kappa shape index (κ1) is 14.8. The van der Waals surface area contributed by atoms with E-state index in [0.717, 1.165) is 0 Å². The number of nitrogens with two attached hydrogens (primary N) is 1. The lowest BCUT2D eigenvalue weighted by atomic mass is 10.1. The van der Waals surface area contributed by atoms with Crippen LogP contribution in [0.3, 0.4) is 0 Å². The minimum absolute atomic E-state index is 0.000663. The van der Waals surface area contributed by atoms with Crippen LogP contribution >= 0.6 is 11.6 Å². The zero-order chi connectivity index (χ0) is 14.5. The Labute approximate surface area is 121 Å². The lowest BCUT2D eigenvalue weighted by molar-refractivity contribution is 0.256. The molecular formula is C15H15ClFNO2. The van der Waals surface area contributed by atoms with Gasteiger partial charge in [0.1, 0.15) is 18.2 Å². The van der Waals surface area contributed by atoms with Gasteiger partial charge < -0.3 is 15.6 Å². The molecule has 0 amide bonds. The number of para-hydroxylation sites is 1. The van der Waals surface area contributed by atoms with Crippen LogP contribution in [0.4, 0.5) is 4.39 Å². The molecule has 0 fully saturated rings. The lowest BCUT2D eigenvalue weighted by Crippen LogP contribution is -2.15. The molecule has 1 atom stereocenters. The summed E-state index contributed by atoms with van der Waals surface area (Å²) in [4.78, 5) is 0. The average molecular weight is 296 g/mol. The van der Waals surface area contributed by atoms with Gasteiger partial charge in [-0.15, -0.1) is 0 Å². The third kappa shape index (κ3) is 3.28. The number of hydrogen-bond donors (Lipinski definition) is 2. The van der Waals surface area contributed by atoms with Crippen molar-refractivity contribution in [2.24, 2.45) is 5.73 Å². The Bertz CT molecular complexity index is 572. The van der Waals surface area contributed by atoms with Crippen molar-refractivity contribution in [1.29, 1.82) is 0 Å². The maximum atomic E-state index is 13.6. The van der Waals surface area contributed by atoms with E-state index in [0.29, 0.717) is 21.9 Å². The standard InChI is InChI=1S/C15H15ClFNO2/c16-12-5-3-6-13(17)11(12)9-20-15-7-2-1-4-10(15)14(18)8-19/h1-7,14,19H,8-9,18H2/t14-/m0/s1. The molecule has 3 nitrogen and oxygen atoms in total. The average Bonchev–Trinajstić information content (AvgIpc) is 2.46. The van der Waals surface area contributed by atoms with Gasteiger partial charge in [-0.1, -0.05) is 35.9 Å². The third-order valence-corrected chi connectivity index (χ3v) is 3.30. The maximum Gasteiger partial charge on any atom is 0.131 e. The molecule has 2 aromatic rings. The lowest BCUT2D eigenvalue weighted by Gasteiger charge is -2.15. The fourth-order valence-electron chi connectivity index (χ4n) is 1.84. The van der Waals surface area contributed by atoms with Gasteiger partial charge in [0, 0.05) is 11.1 Å². The summed E-state index contributed by atoms with van der Waals surface area (Å²) in [5.41, 5.74) is 6.76. The number of aliphatic hydroxyl groups is 1. The molecule has 0 aromatic heterocycles. The van der Waals surface area contributed by atoms with E-state index in [9.17, 15) is 4.39 Å². The van der Waals surface area contributed by atoms with Gasteiger partial charge in [-0.2, -0.15) is 0 Å². The van der Waals surface area contributed by atoms with Crippen LogP contribution in [0.25, 0.3) is 0 Å². The van der Waals surface area contributed by atoms with Crippen LogP contribution < -0.4 is 10.5 Å². The van der Waals surface area contributed by atoms with Crippen LogP contribution in [-0.2, 0) is 6.61 Å². The maximum absolute atomic E-state index is 13.6. The SMILES string of the molecule is N[C@@H](CO)c1ccccc1OCc1c(F)cccc1Cl. The summed E-state index contributed by atoms with van der Waals surface area (Å²) < 4.78 is 19.2. The Hall–Kier alpha value is -1.62. The highest BCUT2D eigenvalue weighted by molar-refractivity contribution is 6.31. The Morgan fingerprint density at radius 3 is 2.65 bits per heavy atom. The highest BCUT2D eigenvalue weighted by atomic mass is 35.5. The number of ether oxygens (including phenoxy) is 1. The predicted octanol–water partition coefficient (Wildman–Crippen LogP) is 3.05. The van der Waals surface area contributed by atoms with Crippen LogP contribution in [0.1, 0.15) is 17.2 Å². The van der Waals surface area contributed by atoms with Crippen LogP contribution in [0, 0.1) is 5.82 Å². The molecule has 0 saturated carbocycles. The normalized spacial score (nSPS) is 12.2. The molecule has 0 bridgehead atoms. The highest BCUT2D eigenvalue weighted by Crippen LogP contribution is 2.26. The summed E-state index contributed by atoms with van der Waals surface area (Å²) >= 11 is 5.94. The van der Waals surface area contributed by atoms with E-state index < -0.39 is 11.9 Å². The van der Waals surface area contributed by atoms with E-state index in [1.165, 1.54) is 12.1 Å². The minimum atomic E-state index is -0.540. The molecule has 2 aromatic carbocycles. The van der Waals surface area contributed by atoms with Crippen LogP contribution in [0.2, 0.25) is 5.02 Å². The molecule has 106 valence electrons. The molecule has 0 spiro atoms. The van der Waals surface area contributed by atoms with Crippen LogP contribution in [-0.4, -0.2) is 11.7 Å². The van der Waals surface area contributed by atoms with Crippen molar-refractivity contribution in [3.8, 4) is 5.75 Å². The molecule has 0 unspecified atom stereocenters. The summed E-state index contributed by atoms with van der Waals surface area (Å²) in [6.45, 7) is -0.193. The topological polar surface area (TPSA) is 55.5 Å². The molecule has 2 rings (SSSR count). The zero-order valence-corrected chi connectivity index (χ0v) is 11.5. The largest absolute Gasteiger partial charge is 0.488 e. The van der Waals surface area contributed by atoms with E-state index in [1.54, 1.807) is 30.3 Å². The summed E-state index contributed by atoms with van der Waals surface area (Å²) in [6.07, 6.45) is 0. The van der Waals surface area contributed by atoms with Gasteiger partial charge >= 0.3 is 0 Å². The van der Waals surface area contributed by atoms with Crippen LogP contribution in [0.15, 0.2) is 42.5 Å². The van der Waals surface area contributed by atoms with Crippen molar-refractivity contribution < 1.29 is 14.2 Å². The second-order valence-electron chi connectivity index (χ2n) is 4.32. The van der Waals surface area contributed by atoms with Gasteiger partial charge in [0.25, 0.3) is 0 Å². The van der Waals surface area contributed by atoms with E-state index >= 15 is 0 Å². The molecule has 0 aliphatic heterocycles. The van der Waals surface area contributed by atoms with Crippen molar-refractivity contribution in [3.63, 3.8) is 0 Å². The molecule has 3 N–H and O–H groups in total. The fraction of sp³-hybridized carbons (Fsp3) is 0.200. The molecule has 5 heteroatoms. The summed E-state index contributed by atoms with van der Waals surface area (Å²) in [5.74, 6) is 0.0924. The second kappa shape index (κ2) is 6.70. The van der Waals surface area contributed by atoms with Gasteiger partial charge in [-0.3, -0.25) is 0 Å². The Kier molecular flexibility index (Phi) is 4.95. The quantitative estimate of drug-likeness (QED) is 0.891. The Balaban J connectivity index is 2.19. The summed E-state index contributed by atoms with van der Waals surface area (Å²) in [6, 6.07) is 11.0. The van der Waals surface area contributed by atoms with Gasteiger partial charge in [-0.25, -0.2) is 4.39 Å². The predicted molar refractivity (Wildman–Crippen MR) is 76.2 cm³/mol. The first-order valence-corrected chi connectivity index (χ1v) is 6.52. The molecule has 20 heavy (non-hydrogen) atoms. The van der Waals surface area contributed by atoms with Crippen molar-refractivity contribution in [2.75, 3.05) is 6.61 Å². The number of hydrogen-bond acceptors (Lipinski definition) is 3. The number of halogens is 2. The van der Waals surface area contributed by atoms with Crippen molar-refractivity contribution in [2.45, 2.75) is 12.6 Å². The van der Waals surface area contributed by atoms with E-state index in [-0.39, 0.29) is 13.2 Å². The van der Waals surface area contributed by atoms with Crippen molar-refractivity contribution in [3.05, 3.63) is 64.4 Å². The second-order valence-corrected chi connectivity index (χ2v) is 4.72. The number of aliphatic hydroxyl groups excluding tert-OH is 1. The third-order valence-electron chi connectivity index (χ3n) is 2.95. The zero-order valence-electron chi connectivity index (χ0n) is 10.7. The molecular weight excluding hydrogens is 281 g/mol. The summed E-state index contributed by atoms with van der Waals surface area (Å²) in [5, 5.41) is 9.44. The number of rotatable bonds is 5. The smallest absolute Gasteiger partial charge is 0.131 e. The fourth-order valence-corrected chi connectivity index (χ4v) is 2.05. The summed E-state index contributed by atoms with van der Waals surface area (Å²) in [7, 11) is 0. The highest BCUT2D eigenvalue weighted by Gasteiger charge is 2.13. The van der Waals surface area contributed by atoms with E-state index in [4.69, 9.17) is 27.2 Å². The van der Waals surface area contributed by atoms with Crippen molar-refractivity contribution >= 4 is 11.6 Å². The first-order valence-electron chi connectivity index (χ1n) is 6.14. The molecule has 0 heterocycles. The molecule has 0 saturated heterocycles.